The molecule has 0 bridgehead atoms. The molecule has 0 amide bonds. The Bertz CT molecular complexity index is 1550. The molecule has 1 aliphatic rings. The van der Waals surface area contributed by atoms with Crippen molar-refractivity contribution in [3.8, 4) is 34.4 Å². The number of carbonyl (C=O) groups is 1. The summed E-state index contributed by atoms with van der Waals surface area (Å²) >= 11 is 6.38. The van der Waals surface area contributed by atoms with E-state index in [0.29, 0.717) is 32.7 Å². The minimum absolute atomic E-state index is 0.0460. The number of ether oxygens (including phenoxy) is 1. The molecule has 0 aliphatic heterocycles. The fraction of sp³-hybridized carbons (Fsp3) is 0.214. The highest BCUT2D eigenvalue weighted by Gasteiger charge is 2.44. The second-order valence-corrected chi connectivity index (χ2v) is 9.48. The van der Waals surface area contributed by atoms with Crippen molar-refractivity contribution in [2.45, 2.75) is 31.1 Å². The molecule has 6 nitrogen and oxygen atoms in total. The SMILES string of the molecule is COc1cc(-n2c(C3(CC#N)CCC3)c(-c3ccc(C(=O)O)cc3)c3c(O)cc(Cl)cc32)ccc1F. The summed E-state index contributed by atoms with van der Waals surface area (Å²) in [5.74, 6) is -1.55. The van der Waals surface area contributed by atoms with Crippen LogP contribution < -0.4 is 4.74 Å². The molecule has 0 saturated heterocycles. The topological polar surface area (TPSA) is 95.5 Å². The molecule has 8 heteroatoms. The largest absolute Gasteiger partial charge is 0.507 e. The number of nitriles is 1. The number of aromatic hydroxyl groups is 1. The van der Waals surface area contributed by atoms with E-state index in [1.165, 1.54) is 31.4 Å². The number of fused-ring (bicyclic) bond motifs is 1. The standard InChI is InChI=1S/C28H22ClFN2O4/c1-36-23-15-19(7-8-20(23)30)32-21-13-18(29)14-22(33)25(21)24(16-3-5-17(6-4-16)27(34)35)26(32)28(11-12-31)9-2-10-28/h3-8,13-15,33H,2,9-11H2,1H3,(H,34,35). The van der Waals surface area contributed by atoms with Gasteiger partial charge in [0.25, 0.3) is 0 Å². The molecule has 1 saturated carbocycles. The van der Waals surface area contributed by atoms with Crippen LogP contribution in [0.15, 0.2) is 54.6 Å². The number of methoxy groups -OCH3 is 1. The summed E-state index contributed by atoms with van der Waals surface area (Å²) in [5, 5.41) is 31.1. The molecular weight excluding hydrogens is 483 g/mol. The Morgan fingerprint density at radius 2 is 1.92 bits per heavy atom. The number of phenols is 1. The third-order valence-electron chi connectivity index (χ3n) is 7.06. The first-order valence-electron chi connectivity index (χ1n) is 11.4. The van der Waals surface area contributed by atoms with Crippen LogP contribution in [0.1, 0.15) is 41.7 Å². The molecule has 0 unspecified atom stereocenters. The number of aromatic carboxylic acids is 1. The van der Waals surface area contributed by atoms with Crippen LogP contribution in [0.5, 0.6) is 11.5 Å². The van der Waals surface area contributed by atoms with Crippen LogP contribution in [0.4, 0.5) is 4.39 Å². The van der Waals surface area contributed by atoms with Crippen LogP contribution in [-0.2, 0) is 5.41 Å². The van der Waals surface area contributed by atoms with Crippen molar-refractivity contribution in [3.05, 3.63) is 76.7 Å². The van der Waals surface area contributed by atoms with Crippen LogP contribution in [-0.4, -0.2) is 27.9 Å². The van der Waals surface area contributed by atoms with Crippen molar-refractivity contribution < 1.29 is 24.1 Å². The molecule has 0 radical (unpaired) electrons. The van der Waals surface area contributed by atoms with E-state index in [4.69, 9.17) is 16.3 Å². The van der Waals surface area contributed by atoms with Gasteiger partial charge in [0.15, 0.2) is 11.6 Å². The van der Waals surface area contributed by atoms with Gasteiger partial charge >= 0.3 is 5.97 Å². The molecule has 1 heterocycles. The number of hydrogen-bond acceptors (Lipinski definition) is 4. The van der Waals surface area contributed by atoms with E-state index in [1.54, 1.807) is 30.3 Å². The van der Waals surface area contributed by atoms with Crippen molar-refractivity contribution in [1.29, 1.82) is 5.26 Å². The first-order valence-corrected chi connectivity index (χ1v) is 11.8. The van der Waals surface area contributed by atoms with Gasteiger partial charge < -0.3 is 19.5 Å². The predicted octanol–water partition coefficient (Wildman–Crippen LogP) is 6.84. The van der Waals surface area contributed by atoms with Crippen LogP contribution >= 0.6 is 11.6 Å². The average Bonchev–Trinajstić information content (AvgIpc) is 3.17. The average molecular weight is 505 g/mol. The predicted molar refractivity (Wildman–Crippen MR) is 135 cm³/mol. The van der Waals surface area contributed by atoms with Gasteiger partial charge in [0.2, 0.25) is 0 Å². The molecule has 0 spiro atoms. The van der Waals surface area contributed by atoms with Crippen molar-refractivity contribution >= 4 is 28.5 Å². The van der Waals surface area contributed by atoms with E-state index in [0.717, 1.165) is 25.0 Å². The Morgan fingerprint density at radius 3 is 2.50 bits per heavy atom. The second kappa shape index (κ2) is 8.89. The number of aromatic nitrogens is 1. The molecule has 0 atom stereocenters. The number of phenolic OH excluding ortho intramolecular Hbond substituents is 1. The Labute approximate surface area is 211 Å². The highest BCUT2D eigenvalue weighted by atomic mass is 35.5. The zero-order valence-electron chi connectivity index (χ0n) is 19.4. The van der Waals surface area contributed by atoms with E-state index in [1.807, 2.05) is 4.57 Å². The lowest BCUT2D eigenvalue weighted by molar-refractivity contribution is 0.0697. The normalized spacial score (nSPS) is 14.3. The molecule has 182 valence electrons. The molecule has 36 heavy (non-hydrogen) atoms. The lowest BCUT2D eigenvalue weighted by Crippen LogP contribution is -2.36. The summed E-state index contributed by atoms with van der Waals surface area (Å²) in [4.78, 5) is 11.5. The Balaban J connectivity index is 1.94. The zero-order chi connectivity index (χ0) is 25.6. The summed E-state index contributed by atoms with van der Waals surface area (Å²) in [7, 11) is 1.39. The fourth-order valence-corrected chi connectivity index (χ4v) is 5.44. The van der Waals surface area contributed by atoms with Gasteiger partial charge in [0.05, 0.1) is 29.6 Å². The minimum atomic E-state index is -1.04. The van der Waals surface area contributed by atoms with Gasteiger partial charge in [0, 0.05) is 39.9 Å². The Morgan fingerprint density at radius 1 is 1.19 bits per heavy atom. The summed E-state index contributed by atoms with van der Waals surface area (Å²) in [6.45, 7) is 0. The molecule has 1 aliphatic carbocycles. The van der Waals surface area contributed by atoms with Gasteiger partial charge in [-0.25, -0.2) is 9.18 Å². The van der Waals surface area contributed by atoms with Gasteiger partial charge in [0.1, 0.15) is 5.75 Å². The smallest absolute Gasteiger partial charge is 0.335 e. The first kappa shape index (κ1) is 23.7. The molecule has 2 N–H and O–H groups in total. The van der Waals surface area contributed by atoms with E-state index in [9.17, 15) is 24.7 Å². The fourth-order valence-electron chi connectivity index (χ4n) is 5.23. The second-order valence-electron chi connectivity index (χ2n) is 9.05. The highest BCUT2D eigenvalue weighted by molar-refractivity contribution is 6.31. The van der Waals surface area contributed by atoms with Gasteiger partial charge in [-0.1, -0.05) is 30.2 Å². The van der Waals surface area contributed by atoms with Gasteiger partial charge in [-0.05, 0) is 54.8 Å². The molecular formula is C28H22ClFN2O4. The molecule has 5 rings (SSSR count). The Kier molecular flexibility index (Phi) is 5.85. The number of nitrogens with zero attached hydrogens (tertiary/aromatic N) is 2. The third kappa shape index (κ3) is 3.66. The van der Waals surface area contributed by atoms with E-state index >= 15 is 0 Å². The lowest BCUT2D eigenvalue weighted by atomic mass is 9.63. The van der Waals surface area contributed by atoms with E-state index < -0.39 is 17.2 Å². The van der Waals surface area contributed by atoms with E-state index in [-0.39, 0.29) is 23.5 Å². The summed E-state index contributed by atoms with van der Waals surface area (Å²) < 4.78 is 21.5. The van der Waals surface area contributed by atoms with Crippen LogP contribution in [0, 0.1) is 17.1 Å². The van der Waals surface area contributed by atoms with Crippen molar-refractivity contribution in [1.82, 2.24) is 4.57 Å². The Hall–Kier alpha value is -4.02. The maximum Gasteiger partial charge on any atom is 0.335 e. The molecule has 4 aromatic rings. The van der Waals surface area contributed by atoms with Crippen LogP contribution in [0.3, 0.4) is 0 Å². The van der Waals surface area contributed by atoms with Gasteiger partial charge in [-0.3, -0.25) is 0 Å². The molecule has 3 aromatic carbocycles. The van der Waals surface area contributed by atoms with Crippen LogP contribution in [0.25, 0.3) is 27.7 Å². The highest BCUT2D eigenvalue weighted by Crippen LogP contribution is 2.54. The lowest BCUT2D eigenvalue weighted by Gasteiger charge is -2.42. The van der Waals surface area contributed by atoms with Gasteiger partial charge in [-0.15, -0.1) is 0 Å². The van der Waals surface area contributed by atoms with Crippen molar-refractivity contribution in [3.63, 3.8) is 0 Å². The summed E-state index contributed by atoms with van der Waals surface area (Å²) in [6.07, 6.45) is 2.68. The quantitative estimate of drug-likeness (QED) is 0.300. The molecule has 1 fully saturated rings. The number of carboxylic acid groups (broad SMARTS) is 1. The maximum atomic E-state index is 14.3. The summed E-state index contributed by atoms with van der Waals surface area (Å²) in [6, 6.07) is 16.4. The van der Waals surface area contributed by atoms with E-state index in [2.05, 4.69) is 6.07 Å². The number of rotatable bonds is 6. The number of benzene rings is 3. The summed E-state index contributed by atoms with van der Waals surface area (Å²) in [5.41, 5.74) is 2.96. The van der Waals surface area contributed by atoms with Crippen molar-refractivity contribution in [2.75, 3.05) is 7.11 Å². The molecule has 1 aromatic heterocycles. The minimum Gasteiger partial charge on any atom is -0.507 e. The van der Waals surface area contributed by atoms with Crippen LogP contribution in [0.2, 0.25) is 5.02 Å². The van der Waals surface area contributed by atoms with Crippen molar-refractivity contribution in [2.24, 2.45) is 0 Å². The number of halogens is 2. The zero-order valence-corrected chi connectivity index (χ0v) is 20.1. The number of hydrogen-bond donors (Lipinski definition) is 2. The monoisotopic (exact) mass is 504 g/mol. The first-order chi connectivity index (χ1) is 17.3. The number of carboxylic acids is 1. The third-order valence-corrected chi connectivity index (χ3v) is 7.27. The maximum absolute atomic E-state index is 14.3. The van der Waals surface area contributed by atoms with Gasteiger partial charge in [-0.2, -0.15) is 5.26 Å².